The molecule has 1 aliphatic heterocycles. The third-order valence-corrected chi connectivity index (χ3v) is 5.47. The van der Waals surface area contributed by atoms with Gasteiger partial charge in [-0.3, -0.25) is 0 Å². The van der Waals surface area contributed by atoms with Crippen molar-refractivity contribution >= 4 is 21.9 Å². The van der Waals surface area contributed by atoms with Crippen LogP contribution in [0.4, 0.5) is 0 Å². The molecule has 1 saturated heterocycles. The monoisotopic (exact) mass is 368 g/mol. The number of nitrogens with zero attached hydrogens (tertiary/aromatic N) is 1. The van der Waals surface area contributed by atoms with Gasteiger partial charge in [-0.05, 0) is 66.1 Å². The summed E-state index contributed by atoms with van der Waals surface area (Å²) in [6, 6.07) is 3.89. The molecule has 1 saturated carbocycles. The number of nitrogens with one attached hydrogen (secondary N) is 1. The van der Waals surface area contributed by atoms with Gasteiger partial charge in [-0.25, -0.2) is 9.78 Å². The van der Waals surface area contributed by atoms with Gasteiger partial charge in [0.1, 0.15) is 11.2 Å². The first-order chi connectivity index (χ1) is 10.5. The summed E-state index contributed by atoms with van der Waals surface area (Å²) in [6.07, 6.45) is 6.95. The van der Waals surface area contributed by atoms with Crippen molar-refractivity contribution in [2.75, 3.05) is 19.7 Å². The maximum absolute atomic E-state index is 11.0. The van der Waals surface area contributed by atoms with Crippen LogP contribution < -0.4 is 5.32 Å². The van der Waals surface area contributed by atoms with Crippen molar-refractivity contribution in [3.63, 3.8) is 0 Å². The van der Waals surface area contributed by atoms with E-state index >= 15 is 0 Å². The predicted molar refractivity (Wildman–Crippen MR) is 85.6 cm³/mol. The van der Waals surface area contributed by atoms with E-state index in [1.54, 1.807) is 6.20 Å². The van der Waals surface area contributed by atoms with Gasteiger partial charge in [0.25, 0.3) is 0 Å². The molecule has 2 N–H and O–H groups in total. The van der Waals surface area contributed by atoms with E-state index < -0.39 is 11.6 Å². The first-order valence-electron chi connectivity index (χ1n) is 7.72. The minimum absolute atomic E-state index is 0.226. The van der Waals surface area contributed by atoms with Crippen molar-refractivity contribution in [2.45, 2.75) is 37.7 Å². The van der Waals surface area contributed by atoms with Crippen LogP contribution in [0.3, 0.4) is 0 Å². The fraction of sp³-hybridized carbons (Fsp3) is 0.625. The summed E-state index contributed by atoms with van der Waals surface area (Å²) >= 11 is 3.35. The van der Waals surface area contributed by atoms with E-state index in [0.29, 0.717) is 0 Å². The molecule has 2 unspecified atom stereocenters. The molecule has 3 rings (SSSR count). The Morgan fingerprint density at radius 1 is 1.41 bits per heavy atom. The molecule has 2 atom stereocenters. The van der Waals surface area contributed by atoms with Crippen LogP contribution in [0, 0.1) is 5.41 Å². The molecule has 2 heterocycles. The summed E-state index contributed by atoms with van der Waals surface area (Å²) in [6.45, 7) is 1.80. The second kappa shape index (κ2) is 6.26. The van der Waals surface area contributed by atoms with Crippen molar-refractivity contribution in [1.82, 2.24) is 10.3 Å². The highest BCUT2D eigenvalue weighted by molar-refractivity contribution is 9.10. The van der Waals surface area contributed by atoms with E-state index in [9.17, 15) is 4.79 Å². The molecule has 0 bridgehead atoms. The summed E-state index contributed by atoms with van der Waals surface area (Å²) in [5.41, 5.74) is 0.689. The van der Waals surface area contributed by atoms with Gasteiger partial charge in [0.2, 0.25) is 0 Å². The van der Waals surface area contributed by atoms with Crippen molar-refractivity contribution in [1.29, 1.82) is 0 Å². The molecule has 120 valence electrons. The van der Waals surface area contributed by atoms with E-state index in [0.717, 1.165) is 42.5 Å². The highest BCUT2D eigenvalue weighted by Gasteiger charge is 2.50. The molecule has 5 nitrogen and oxygen atoms in total. The fourth-order valence-corrected chi connectivity index (χ4v) is 4.18. The molecule has 2 fully saturated rings. The Bertz CT molecular complexity index is 543. The van der Waals surface area contributed by atoms with Crippen LogP contribution in [0.1, 0.15) is 37.7 Å². The van der Waals surface area contributed by atoms with Crippen LogP contribution in [0.15, 0.2) is 22.9 Å². The minimum atomic E-state index is -0.924. The maximum atomic E-state index is 11.0. The van der Waals surface area contributed by atoms with Crippen LogP contribution in [-0.2, 0) is 15.1 Å². The molecule has 1 aliphatic carbocycles. The van der Waals surface area contributed by atoms with E-state index in [1.807, 2.05) is 12.1 Å². The van der Waals surface area contributed by atoms with Crippen LogP contribution in [-0.4, -0.2) is 35.8 Å². The lowest BCUT2D eigenvalue weighted by molar-refractivity contribution is -0.151. The van der Waals surface area contributed by atoms with Gasteiger partial charge in [-0.2, -0.15) is 0 Å². The molecule has 0 radical (unpaired) electrons. The zero-order chi connectivity index (χ0) is 15.6. The average Bonchev–Trinajstić information content (AvgIpc) is 2.86. The quantitative estimate of drug-likeness (QED) is 0.799. The van der Waals surface area contributed by atoms with Gasteiger partial charge < -0.3 is 15.2 Å². The Kier molecular flexibility index (Phi) is 4.52. The lowest BCUT2D eigenvalue weighted by atomic mass is 9.77. The molecule has 22 heavy (non-hydrogen) atoms. The molecular weight excluding hydrogens is 348 g/mol. The number of pyridine rings is 1. The van der Waals surface area contributed by atoms with Crippen molar-refractivity contribution in [2.24, 2.45) is 5.41 Å². The van der Waals surface area contributed by atoms with Gasteiger partial charge in [-0.15, -0.1) is 0 Å². The number of hydrogen-bond donors (Lipinski definition) is 2. The molecule has 1 aromatic rings. The van der Waals surface area contributed by atoms with Crippen LogP contribution in [0.25, 0.3) is 0 Å². The van der Waals surface area contributed by atoms with Crippen molar-refractivity contribution in [3.05, 3.63) is 28.5 Å². The number of halogens is 1. The summed E-state index contributed by atoms with van der Waals surface area (Å²) in [5.74, 6) is -0.924. The zero-order valence-electron chi connectivity index (χ0n) is 12.5. The normalized spacial score (nSPS) is 31.5. The summed E-state index contributed by atoms with van der Waals surface area (Å²) < 4.78 is 6.70. The molecule has 1 spiro atoms. The second-order valence-electron chi connectivity index (χ2n) is 6.50. The van der Waals surface area contributed by atoms with E-state index in [4.69, 9.17) is 9.84 Å². The number of aliphatic carboxylic acids is 1. The fourth-order valence-electron chi connectivity index (χ4n) is 3.94. The summed E-state index contributed by atoms with van der Waals surface area (Å²) in [5, 5.41) is 12.5. The molecular formula is C16H21BrN2O3. The summed E-state index contributed by atoms with van der Waals surface area (Å²) in [4.78, 5) is 15.3. The molecule has 0 aromatic carbocycles. The third-order valence-electron chi connectivity index (χ3n) is 5.01. The molecule has 1 aromatic heterocycles. The van der Waals surface area contributed by atoms with Gasteiger partial charge in [0.15, 0.2) is 0 Å². The number of carbonyl (C=O) groups is 1. The molecule has 2 aliphatic rings. The Hall–Kier alpha value is -0.980. The number of hydrogen-bond acceptors (Lipinski definition) is 4. The first-order valence-corrected chi connectivity index (χ1v) is 8.52. The van der Waals surface area contributed by atoms with Gasteiger partial charge >= 0.3 is 5.97 Å². The molecule has 6 heteroatoms. The van der Waals surface area contributed by atoms with Gasteiger partial charge in [0, 0.05) is 18.3 Å². The number of carboxylic acids is 1. The molecule has 0 amide bonds. The number of ether oxygens (including phenoxy) is 1. The standard InChI is InChI=1S/C16H21BrN2O3/c17-13-3-2-12(8-19-13)16(22-9-14(20)21)6-5-15(10-16)4-1-7-18-11-15/h2-3,8,18H,1,4-7,9-11H2,(H,20,21). The van der Waals surface area contributed by atoms with Gasteiger partial charge in [-0.1, -0.05) is 6.07 Å². The minimum Gasteiger partial charge on any atom is -0.480 e. The van der Waals surface area contributed by atoms with Crippen molar-refractivity contribution in [3.8, 4) is 0 Å². The number of rotatable bonds is 4. The Morgan fingerprint density at radius 2 is 2.27 bits per heavy atom. The summed E-state index contributed by atoms with van der Waals surface area (Å²) in [7, 11) is 0. The number of carboxylic acid groups (broad SMARTS) is 1. The lowest BCUT2D eigenvalue weighted by Gasteiger charge is -2.37. The van der Waals surface area contributed by atoms with Gasteiger partial charge in [0.05, 0.1) is 5.60 Å². The largest absolute Gasteiger partial charge is 0.480 e. The van der Waals surface area contributed by atoms with Crippen LogP contribution in [0.2, 0.25) is 0 Å². The van der Waals surface area contributed by atoms with E-state index in [2.05, 4.69) is 26.2 Å². The third kappa shape index (κ3) is 3.19. The van der Waals surface area contributed by atoms with Crippen LogP contribution in [0.5, 0.6) is 0 Å². The highest BCUT2D eigenvalue weighted by Crippen LogP contribution is 2.54. The Morgan fingerprint density at radius 3 is 2.91 bits per heavy atom. The predicted octanol–water partition coefficient (Wildman–Crippen LogP) is 2.69. The Labute approximate surface area is 138 Å². The maximum Gasteiger partial charge on any atom is 0.329 e. The first kappa shape index (κ1) is 15.9. The van der Waals surface area contributed by atoms with E-state index in [-0.39, 0.29) is 12.0 Å². The van der Waals surface area contributed by atoms with E-state index in [1.165, 1.54) is 12.8 Å². The second-order valence-corrected chi connectivity index (χ2v) is 7.32. The zero-order valence-corrected chi connectivity index (χ0v) is 14.1. The topological polar surface area (TPSA) is 71.5 Å². The Balaban J connectivity index is 1.87. The number of piperidine rings is 1. The SMILES string of the molecule is O=C(O)COC1(c2ccc(Br)nc2)CCC2(CCCNC2)C1. The smallest absolute Gasteiger partial charge is 0.329 e. The average molecular weight is 369 g/mol. The lowest BCUT2D eigenvalue weighted by Crippen LogP contribution is -2.40. The number of aromatic nitrogens is 1. The highest BCUT2D eigenvalue weighted by atomic mass is 79.9. The van der Waals surface area contributed by atoms with Crippen molar-refractivity contribution < 1.29 is 14.6 Å². The van der Waals surface area contributed by atoms with Crippen LogP contribution >= 0.6 is 15.9 Å².